The fraction of sp³-hybridized carbons (Fsp3) is 0.611. The van der Waals surface area contributed by atoms with E-state index in [2.05, 4.69) is 20.3 Å². The molecule has 0 unspecified atom stereocenters. The minimum absolute atomic E-state index is 0.252. The van der Waals surface area contributed by atoms with E-state index in [1.165, 1.54) is 0 Å². The van der Waals surface area contributed by atoms with E-state index in [0.29, 0.717) is 32.0 Å². The number of hydrogen-bond donors (Lipinski definition) is 1. The number of anilines is 2. The number of nitrogens with one attached hydrogen (secondary N) is 1. The lowest BCUT2D eigenvalue weighted by Gasteiger charge is -2.29. The van der Waals surface area contributed by atoms with Crippen molar-refractivity contribution in [3.8, 4) is 5.95 Å². The van der Waals surface area contributed by atoms with Crippen molar-refractivity contribution in [2.24, 2.45) is 0 Å². The second kappa shape index (κ2) is 7.57. The Morgan fingerprint density at radius 3 is 2.62 bits per heavy atom. The Labute approximate surface area is 152 Å². The van der Waals surface area contributed by atoms with Crippen molar-refractivity contribution in [2.45, 2.75) is 44.8 Å². The number of ether oxygens (including phenoxy) is 1. The molecule has 1 aliphatic heterocycles. The van der Waals surface area contributed by atoms with Gasteiger partial charge in [-0.3, -0.25) is 0 Å². The van der Waals surface area contributed by atoms with Gasteiger partial charge >= 0.3 is 0 Å². The number of alkyl halides is 1. The smallest absolute Gasteiger partial charge is 0.254 e. The molecule has 2 fully saturated rings. The predicted octanol–water partition coefficient (Wildman–Crippen LogP) is 2.50. The third kappa shape index (κ3) is 3.95. The van der Waals surface area contributed by atoms with E-state index < -0.39 is 6.17 Å². The number of rotatable bonds is 4. The Bertz CT molecular complexity index is 737. The van der Waals surface area contributed by atoms with Crippen molar-refractivity contribution in [1.82, 2.24) is 19.7 Å². The van der Waals surface area contributed by atoms with Gasteiger partial charge in [0.2, 0.25) is 0 Å². The third-order valence-electron chi connectivity index (χ3n) is 4.97. The summed E-state index contributed by atoms with van der Waals surface area (Å²) >= 11 is 0. The maximum Gasteiger partial charge on any atom is 0.254 e. The van der Waals surface area contributed by atoms with E-state index in [0.717, 1.165) is 43.3 Å². The Hall–Kier alpha value is -2.22. The molecule has 1 N–H and O–H groups in total. The highest BCUT2D eigenvalue weighted by Crippen LogP contribution is 2.25. The fourth-order valence-electron chi connectivity index (χ4n) is 3.49. The summed E-state index contributed by atoms with van der Waals surface area (Å²) in [6.45, 7) is 4.95. The first-order valence-electron chi connectivity index (χ1n) is 9.32. The highest BCUT2D eigenvalue weighted by molar-refractivity contribution is 5.52. The van der Waals surface area contributed by atoms with Crippen LogP contribution >= 0.6 is 0 Å². The summed E-state index contributed by atoms with van der Waals surface area (Å²) < 4.78 is 20.6. The van der Waals surface area contributed by atoms with Crippen LogP contribution in [0.2, 0.25) is 0 Å². The monoisotopic (exact) mass is 360 g/mol. The largest absolute Gasteiger partial charge is 0.378 e. The van der Waals surface area contributed by atoms with E-state index in [4.69, 9.17) is 9.72 Å². The van der Waals surface area contributed by atoms with Crippen LogP contribution in [0.3, 0.4) is 0 Å². The van der Waals surface area contributed by atoms with Crippen molar-refractivity contribution in [2.75, 3.05) is 36.5 Å². The molecule has 8 heteroatoms. The number of morpholine rings is 1. The lowest BCUT2D eigenvalue weighted by atomic mass is 9.94. The molecular weight excluding hydrogens is 335 g/mol. The molecule has 0 bridgehead atoms. The minimum Gasteiger partial charge on any atom is -0.378 e. The van der Waals surface area contributed by atoms with Crippen molar-refractivity contribution in [1.29, 1.82) is 0 Å². The van der Waals surface area contributed by atoms with Gasteiger partial charge in [0.25, 0.3) is 5.95 Å². The van der Waals surface area contributed by atoms with Gasteiger partial charge in [0, 0.05) is 31.4 Å². The number of hydrogen-bond acceptors (Lipinski definition) is 6. The minimum atomic E-state index is -0.662. The van der Waals surface area contributed by atoms with Crippen LogP contribution in [0.25, 0.3) is 5.95 Å². The molecular formula is C18H25FN6O. The van der Waals surface area contributed by atoms with Gasteiger partial charge in [-0.05, 0) is 38.7 Å². The van der Waals surface area contributed by atoms with Crippen LogP contribution in [0, 0.1) is 6.92 Å². The maximum atomic E-state index is 13.4. The first-order valence-corrected chi connectivity index (χ1v) is 9.32. The van der Waals surface area contributed by atoms with E-state index in [1.54, 1.807) is 4.68 Å². The molecule has 140 valence electrons. The van der Waals surface area contributed by atoms with Gasteiger partial charge in [0.1, 0.15) is 17.8 Å². The molecule has 0 amide bonds. The number of nitrogens with zero attached hydrogens (tertiary/aromatic N) is 5. The normalized spacial score (nSPS) is 23.8. The topological polar surface area (TPSA) is 68.1 Å². The Balaban J connectivity index is 1.61. The molecule has 7 nitrogen and oxygen atoms in total. The molecule has 4 rings (SSSR count). The van der Waals surface area contributed by atoms with Crippen LogP contribution in [-0.2, 0) is 4.74 Å². The van der Waals surface area contributed by atoms with Crippen LogP contribution in [-0.4, -0.2) is 58.3 Å². The third-order valence-corrected chi connectivity index (χ3v) is 4.97. The zero-order chi connectivity index (χ0) is 17.9. The summed E-state index contributed by atoms with van der Waals surface area (Å²) in [7, 11) is 0. The molecule has 0 spiro atoms. The maximum absolute atomic E-state index is 13.4. The lowest BCUT2D eigenvalue weighted by Crippen LogP contribution is -2.37. The molecule has 2 aromatic rings. The summed E-state index contributed by atoms with van der Waals surface area (Å²) in [4.78, 5) is 11.6. The number of aryl methyl sites for hydroxylation is 1. The Kier molecular flexibility index (Phi) is 5.01. The fourth-order valence-corrected chi connectivity index (χ4v) is 3.49. The number of aromatic nitrogens is 4. The number of halogens is 1. The summed E-state index contributed by atoms with van der Waals surface area (Å²) in [6, 6.07) is 4.16. The zero-order valence-electron chi connectivity index (χ0n) is 15.1. The van der Waals surface area contributed by atoms with E-state index in [1.807, 2.05) is 25.3 Å². The summed E-state index contributed by atoms with van der Waals surface area (Å²) in [5.41, 5.74) is 0.918. The van der Waals surface area contributed by atoms with E-state index >= 15 is 0 Å². The molecule has 1 saturated carbocycles. The zero-order valence-corrected chi connectivity index (χ0v) is 15.1. The van der Waals surface area contributed by atoms with E-state index in [-0.39, 0.29) is 6.04 Å². The van der Waals surface area contributed by atoms with Crippen LogP contribution in [0.4, 0.5) is 16.0 Å². The SMILES string of the molecule is Cc1ccn(-c2nc(NC3CCC(F)CC3)cc(N3CCOCC3)n2)n1. The van der Waals surface area contributed by atoms with Gasteiger partial charge in [-0.25, -0.2) is 9.07 Å². The standard InChI is InChI=1S/C18H25FN6O/c1-13-6-7-25(23-13)18-21-16(20-15-4-2-14(19)3-5-15)12-17(22-18)24-8-10-26-11-9-24/h6-7,12,14-15H,2-5,8-11H2,1H3,(H,20,21,22). The molecule has 2 aromatic heterocycles. The van der Waals surface area contributed by atoms with Crippen molar-refractivity contribution in [3.05, 3.63) is 24.0 Å². The summed E-state index contributed by atoms with van der Waals surface area (Å²) in [5, 5.41) is 7.92. The second-order valence-electron chi connectivity index (χ2n) is 7.01. The Morgan fingerprint density at radius 1 is 1.15 bits per heavy atom. The Morgan fingerprint density at radius 2 is 1.92 bits per heavy atom. The lowest BCUT2D eigenvalue weighted by molar-refractivity contribution is 0.122. The first kappa shape index (κ1) is 17.2. The van der Waals surface area contributed by atoms with Crippen molar-refractivity contribution in [3.63, 3.8) is 0 Å². The molecule has 0 radical (unpaired) electrons. The molecule has 0 atom stereocenters. The molecule has 0 aromatic carbocycles. The summed E-state index contributed by atoms with van der Waals surface area (Å²) in [6.07, 6.45) is 4.09. The molecule has 1 aliphatic carbocycles. The van der Waals surface area contributed by atoms with Crippen LogP contribution in [0.5, 0.6) is 0 Å². The first-order chi connectivity index (χ1) is 12.7. The predicted molar refractivity (Wildman–Crippen MR) is 97.7 cm³/mol. The molecule has 26 heavy (non-hydrogen) atoms. The van der Waals surface area contributed by atoms with Crippen LogP contribution in [0.15, 0.2) is 18.3 Å². The average molecular weight is 360 g/mol. The summed E-state index contributed by atoms with van der Waals surface area (Å²) in [5.74, 6) is 2.18. The highest BCUT2D eigenvalue weighted by Gasteiger charge is 2.22. The van der Waals surface area contributed by atoms with Gasteiger partial charge in [-0.2, -0.15) is 15.1 Å². The molecule has 1 saturated heterocycles. The van der Waals surface area contributed by atoms with Crippen LogP contribution < -0.4 is 10.2 Å². The van der Waals surface area contributed by atoms with E-state index in [9.17, 15) is 4.39 Å². The van der Waals surface area contributed by atoms with Gasteiger partial charge in [0.15, 0.2) is 0 Å². The highest BCUT2D eigenvalue weighted by atomic mass is 19.1. The quantitative estimate of drug-likeness (QED) is 0.904. The van der Waals surface area contributed by atoms with Crippen molar-refractivity contribution < 1.29 is 9.13 Å². The second-order valence-corrected chi connectivity index (χ2v) is 7.01. The van der Waals surface area contributed by atoms with Gasteiger partial charge in [0.05, 0.1) is 18.9 Å². The van der Waals surface area contributed by atoms with Crippen LogP contribution in [0.1, 0.15) is 31.4 Å². The van der Waals surface area contributed by atoms with Gasteiger partial charge in [-0.1, -0.05) is 0 Å². The van der Waals surface area contributed by atoms with Gasteiger partial charge in [-0.15, -0.1) is 0 Å². The van der Waals surface area contributed by atoms with Gasteiger partial charge < -0.3 is 15.0 Å². The molecule has 3 heterocycles. The average Bonchev–Trinajstić information content (AvgIpc) is 3.11. The van der Waals surface area contributed by atoms with Crippen molar-refractivity contribution >= 4 is 11.6 Å². The molecule has 2 aliphatic rings.